The number of fused-ring (bicyclic) bond motifs is 1. The molecule has 0 fully saturated rings. The van der Waals surface area contributed by atoms with Gasteiger partial charge in [-0.15, -0.1) is 0 Å². The predicted molar refractivity (Wildman–Crippen MR) is 62.2 cm³/mol. The molecule has 2 rings (SSSR count). The predicted octanol–water partition coefficient (Wildman–Crippen LogP) is 2.25. The van der Waals surface area contributed by atoms with Crippen LogP contribution in [0.25, 0.3) is 0 Å². The summed E-state index contributed by atoms with van der Waals surface area (Å²) in [5.41, 5.74) is 2.47. The van der Waals surface area contributed by atoms with Crippen molar-refractivity contribution in [1.29, 1.82) is 0 Å². The van der Waals surface area contributed by atoms with Crippen LogP contribution in [-0.2, 0) is 12.8 Å². The van der Waals surface area contributed by atoms with Crippen LogP contribution in [0.3, 0.4) is 0 Å². The van der Waals surface area contributed by atoms with Gasteiger partial charge in [0, 0.05) is 6.04 Å². The van der Waals surface area contributed by atoms with Crippen molar-refractivity contribution in [2.45, 2.75) is 38.6 Å². The summed E-state index contributed by atoms with van der Waals surface area (Å²) in [6, 6.07) is 6.46. The maximum Gasteiger partial charge on any atom is 0.119 e. The van der Waals surface area contributed by atoms with E-state index in [-0.39, 0.29) is 0 Å². The van der Waals surface area contributed by atoms with E-state index in [4.69, 9.17) is 0 Å². The Labute approximate surface area is 91.3 Å². The largest absolute Gasteiger partial charge is 0.508 e. The number of phenolic OH excluding ortho intramolecular Hbond substituents is 1. The Bertz CT molecular complexity index is 335. The molecule has 1 aromatic rings. The number of aromatic hydroxyl groups is 1. The van der Waals surface area contributed by atoms with Gasteiger partial charge >= 0.3 is 0 Å². The quantitative estimate of drug-likeness (QED) is 0.793. The Kier molecular flexibility index (Phi) is 3.27. The molecule has 0 spiro atoms. The number of rotatable bonds is 3. The van der Waals surface area contributed by atoms with Gasteiger partial charge < -0.3 is 10.4 Å². The van der Waals surface area contributed by atoms with Crippen molar-refractivity contribution in [3.8, 4) is 5.75 Å². The first-order valence-corrected chi connectivity index (χ1v) is 5.84. The molecule has 1 aromatic carbocycles. The lowest BCUT2D eigenvalue weighted by Crippen LogP contribution is -2.34. The fourth-order valence-electron chi connectivity index (χ4n) is 2.31. The van der Waals surface area contributed by atoms with Crippen LogP contribution in [0.15, 0.2) is 18.2 Å². The van der Waals surface area contributed by atoms with Gasteiger partial charge in [0.25, 0.3) is 0 Å². The first kappa shape index (κ1) is 10.5. The molecule has 1 aliphatic rings. The van der Waals surface area contributed by atoms with E-state index < -0.39 is 0 Å². The summed E-state index contributed by atoms with van der Waals surface area (Å²) in [4.78, 5) is 0. The molecule has 0 heterocycles. The number of benzene rings is 1. The SMILES string of the molecule is CCCN[C@H]1CCc2c(O)cccc2C1. The molecule has 0 aromatic heterocycles. The molecule has 2 N–H and O–H groups in total. The van der Waals surface area contributed by atoms with Crippen LogP contribution in [0.5, 0.6) is 5.75 Å². The van der Waals surface area contributed by atoms with Gasteiger partial charge in [-0.3, -0.25) is 0 Å². The van der Waals surface area contributed by atoms with E-state index >= 15 is 0 Å². The zero-order valence-corrected chi connectivity index (χ0v) is 9.29. The average Bonchev–Trinajstić information content (AvgIpc) is 2.26. The standard InChI is InChI=1S/C13H19NO/c1-2-8-14-11-6-7-12-10(9-11)4-3-5-13(12)15/h3-5,11,14-15H,2,6-9H2,1H3/t11-/m0/s1. The third-order valence-corrected chi connectivity index (χ3v) is 3.14. The molecular weight excluding hydrogens is 186 g/mol. The highest BCUT2D eigenvalue weighted by Crippen LogP contribution is 2.28. The van der Waals surface area contributed by atoms with E-state index in [1.165, 1.54) is 12.0 Å². The third-order valence-electron chi connectivity index (χ3n) is 3.14. The van der Waals surface area contributed by atoms with Gasteiger partial charge in [0.2, 0.25) is 0 Å². The van der Waals surface area contributed by atoms with Gasteiger partial charge in [0.15, 0.2) is 0 Å². The normalized spacial score (nSPS) is 19.9. The molecule has 0 unspecified atom stereocenters. The van der Waals surface area contributed by atoms with Gasteiger partial charge in [-0.05, 0) is 49.4 Å². The second kappa shape index (κ2) is 4.67. The van der Waals surface area contributed by atoms with Crippen LogP contribution < -0.4 is 5.32 Å². The van der Waals surface area contributed by atoms with Crippen LogP contribution in [0.2, 0.25) is 0 Å². The lowest BCUT2D eigenvalue weighted by atomic mass is 9.87. The van der Waals surface area contributed by atoms with Crippen molar-refractivity contribution in [2.24, 2.45) is 0 Å². The molecular formula is C13H19NO. The van der Waals surface area contributed by atoms with Gasteiger partial charge in [0.1, 0.15) is 5.75 Å². The minimum atomic E-state index is 0.474. The van der Waals surface area contributed by atoms with E-state index in [1.807, 2.05) is 6.07 Å². The van der Waals surface area contributed by atoms with Crippen LogP contribution in [0.4, 0.5) is 0 Å². The van der Waals surface area contributed by atoms with Crippen LogP contribution in [-0.4, -0.2) is 17.7 Å². The van der Waals surface area contributed by atoms with Crippen molar-refractivity contribution < 1.29 is 5.11 Å². The Morgan fingerprint density at radius 2 is 2.33 bits per heavy atom. The summed E-state index contributed by atoms with van der Waals surface area (Å²) in [6.45, 7) is 3.29. The number of hydrogen-bond donors (Lipinski definition) is 2. The van der Waals surface area contributed by atoms with E-state index in [0.717, 1.165) is 31.4 Å². The van der Waals surface area contributed by atoms with E-state index in [9.17, 15) is 5.11 Å². The third kappa shape index (κ3) is 2.32. The molecule has 0 amide bonds. The van der Waals surface area contributed by atoms with Gasteiger partial charge in [0.05, 0.1) is 0 Å². The van der Waals surface area contributed by atoms with Crippen molar-refractivity contribution in [2.75, 3.05) is 6.54 Å². The van der Waals surface area contributed by atoms with E-state index in [1.54, 1.807) is 6.07 Å². The molecule has 2 nitrogen and oxygen atoms in total. The average molecular weight is 205 g/mol. The van der Waals surface area contributed by atoms with Crippen molar-refractivity contribution in [3.63, 3.8) is 0 Å². The minimum Gasteiger partial charge on any atom is -0.508 e. The highest BCUT2D eigenvalue weighted by molar-refractivity contribution is 5.41. The zero-order valence-electron chi connectivity index (χ0n) is 9.29. The van der Waals surface area contributed by atoms with Crippen LogP contribution in [0.1, 0.15) is 30.9 Å². The van der Waals surface area contributed by atoms with Crippen LogP contribution in [0, 0.1) is 0 Å². The lowest BCUT2D eigenvalue weighted by Gasteiger charge is -2.25. The van der Waals surface area contributed by atoms with Gasteiger partial charge in [-0.25, -0.2) is 0 Å². The minimum absolute atomic E-state index is 0.474. The van der Waals surface area contributed by atoms with Gasteiger partial charge in [-0.2, -0.15) is 0 Å². The number of hydrogen-bond acceptors (Lipinski definition) is 2. The van der Waals surface area contributed by atoms with Crippen molar-refractivity contribution in [1.82, 2.24) is 5.32 Å². The molecule has 15 heavy (non-hydrogen) atoms. The Balaban J connectivity index is 2.07. The number of phenols is 1. The van der Waals surface area contributed by atoms with Gasteiger partial charge in [-0.1, -0.05) is 19.1 Å². The highest BCUT2D eigenvalue weighted by Gasteiger charge is 2.19. The fraction of sp³-hybridized carbons (Fsp3) is 0.538. The molecule has 0 saturated heterocycles. The lowest BCUT2D eigenvalue weighted by molar-refractivity contribution is 0.432. The number of nitrogens with one attached hydrogen (secondary N) is 1. The zero-order chi connectivity index (χ0) is 10.7. The maximum absolute atomic E-state index is 9.70. The molecule has 0 aliphatic heterocycles. The van der Waals surface area contributed by atoms with Crippen LogP contribution >= 0.6 is 0 Å². The first-order valence-electron chi connectivity index (χ1n) is 5.84. The Morgan fingerprint density at radius 1 is 1.47 bits per heavy atom. The summed E-state index contributed by atoms with van der Waals surface area (Å²) >= 11 is 0. The first-order chi connectivity index (χ1) is 7.31. The second-order valence-corrected chi connectivity index (χ2v) is 4.31. The van der Waals surface area contributed by atoms with E-state index in [2.05, 4.69) is 18.3 Å². The molecule has 82 valence electrons. The second-order valence-electron chi connectivity index (χ2n) is 4.31. The summed E-state index contributed by atoms with van der Waals surface area (Å²) in [7, 11) is 0. The molecule has 1 atom stereocenters. The molecule has 1 aliphatic carbocycles. The monoisotopic (exact) mass is 205 g/mol. The summed E-state index contributed by atoms with van der Waals surface area (Å²) in [5, 5.41) is 13.2. The van der Waals surface area contributed by atoms with E-state index in [0.29, 0.717) is 11.8 Å². The highest BCUT2D eigenvalue weighted by atomic mass is 16.3. The smallest absolute Gasteiger partial charge is 0.119 e. The summed E-state index contributed by atoms with van der Waals surface area (Å²) in [6.07, 6.45) is 4.39. The molecule has 0 saturated carbocycles. The summed E-state index contributed by atoms with van der Waals surface area (Å²) in [5.74, 6) is 0.474. The Morgan fingerprint density at radius 3 is 3.13 bits per heavy atom. The Hall–Kier alpha value is -1.02. The maximum atomic E-state index is 9.70. The van der Waals surface area contributed by atoms with Crippen molar-refractivity contribution >= 4 is 0 Å². The fourth-order valence-corrected chi connectivity index (χ4v) is 2.31. The molecule has 0 bridgehead atoms. The molecule has 0 radical (unpaired) electrons. The molecule has 2 heteroatoms. The van der Waals surface area contributed by atoms with Crippen molar-refractivity contribution in [3.05, 3.63) is 29.3 Å². The topological polar surface area (TPSA) is 32.3 Å². The summed E-state index contributed by atoms with van der Waals surface area (Å²) < 4.78 is 0.